The molecule has 0 heterocycles. The van der Waals surface area contributed by atoms with Crippen molar-refractivity contribution in [1.82, 2.24) is 0 Å². The van der Waals surface area contributed by atoms with Gasteiger partial charge in [-0.3, -0.25) is 9.59 Å². The van der Waals surface area contributed by atoms with Crippen LogP contribution in [0.2, 0.25) is 0 Å². The second-order valence-corrected chi connectivity index (χ2v) is 10.0. The summed E-state index contributed by atoms with van der Waals surface area (Å²) in [6, 6.07) is 0. The van der Waals surface area contributed by atoms with Crippen LogP contribution in [0, 0.1) is 29.1 Å². The molecule has 3 unspecified atom stereocenters. The van der Waals surface area contributed by atoms with Gasteiger partial charge in [0.25, 0.3) is 0 Å². The van der Waals surface area contributed by atoms with Gasteiger partial charge in [0, 0.05) is 34.3 Å². The lowest BCUT2D eigenvalue weighted by Gasteiger charge is -2.41. The van der Waals surface area contributed by atoms with E-state index in [0.717, 1.165) is 36.8 Å². The lowest BCUT2D eigenvalue weighted by atomic mass is 9.60. The van der Waals surface area contributed by atoms with E-state index in [4.69, 9.17) is 0 Å². The second kappa shape index (κ2) is 7.38. The van der Waals surface area contributed by atoms with Crippen LogP contribution < -0.4 is 0 Å². The molecule has 0 aromatic carbocycles. The van der Waals surface area contributed by atoms with Gasteiger partial charge in [-0.05, 0) is 65.7 Å². The topological polar surface area (TPSA) is 34.1 Å². The molecular formula is C27H34O2. The van der Waals surface area contributed by atoms with E-state index in [1.54, 1.807) is 0 Å². The number of ketones is 2. The summed E-state index contributed by atoms with van der Waals surface area (Å²) in [5.41, 5.74) is 5.47. The highest BCUT2D eigenvalue weighted by molar-refractivity contribution is 6.16. The summed E-state index contributed by atoms with van der Waals surface area (Å²) in [5.74, 6) is 0.584. The Morgan fingerprint density at radius 1 is 1.17 bits per heavy atom. The van der Waals surface area contributed by atoms with Gasteiger partial charge in [0.1, 0.15) is 0 Å². The Morgan fingerprint density at radius 3 is 2.66 bits per heavy atom. The van der Waals surface area contributed by atoms with Crippen LogP contribution in [-0.4, -0.2) is 11.6 Å². The first-order valence-electron chi connectivity index (χ1n) is 11.2. The minimum atomic E-state index is -0.160. The summed E-state index contributed by atoms with van der Waals surface area (Å²) in [6.45, 7) is 10.7. The van der Waals surface area contributed by atoms with Gasteiger partial charge in [-0.25, -0.2) is 0 Å². The monoisotopic (exact) mass is 390 g/mol. The van der Waals surface area contributed by atoms with Gasteiger partial charge in [0.15, 0.2) is 11.6 Å². The highest BCUT2D eigenvalue weighted by Crippen LogP contribution is 2.62. The molecule has 0 spiro atoms. The van der Waals surface area contributed by atoms with E-state index < -0.39 is 0 Å². The van der Waals surface area contributed by atoms with E-state index in [9.17, 15) is 9.59 Å². The lowest BCUT2D eigenvalue weighted by molar-refractivity contribution is -0.133. The SMILES string of the molecule is CC(C)=CCCC(C)=CC[C@@]12C=C[C@@H](C1)C1C(=O)C3=C(C(=O)C12)C(C)C(C)=CC3. The fourth-order valence-electron chi connectivity index (χ4n) is 6.08. The molecule has 1 saturated carbocycles. The average molecular weight is 391 g/mol. The highest BCUT2D eigenvalue weighted by Gasteiger charge is 2.62. The van der Waals surface area contributed by atoms with E-state index in [0.29, 0.717) is 6.42 Å². The van der Waals surface area contributed by atoms with Crippen molar-refractivity contribution in [3.05, 3.63) is 58.2 Å². The number of hydrogen-bond acceptors (Lipinski definition) is 2. The summed E-state index contributed by atoms with van der Waals surface area (Å²) in [7, 11) is 0. The second-order valence-electron chi connectivity index (χ2n) is 10.0. The Kier molecular flexibility index (Phi) is 5.17. The number of carbonyl (C=O) groups is 2. The number of carbonyl (C=O) groups excluding carboxylic acids is 2. The van der Waals surface area contributed by atoms with Crippen molar-refractivity contribution in [2.75, 3.05) is 0 Å². The molecule has 2 bridgehead atoms. The zero-order valence-corrected chi connectivity index (χ0v) is 18.5. The van der Waals surface area contributed by atoms with E-state index >= 15 is 0 Å². The zero-order valence-electron chi connectivity index (χ0n) is 18.5. The molecule has 5 atom stereocenters. The van der Waals surface area contributed by atoms with Crippen molar-refractivity contribution < 1.29 is 9.59 Å². The minimum Gasteiger partial charge on any atom is -0.294 e. The first kappa shape index (κ1) is 20.3. The Hall–Kier alpha value is -1.96. The van der Waals surface area contributed by atoms with E-state index in [1.165, 1.54) is 16.7 Å². The van der Waals surface area contributed by atoms with Crippen LogP contribution in [0.4, 0.5) is 0 Å². The maximum atomic E-state index is 13.7. The largest absolute Gasteiger partial charge is 0.294 e. The van der Waals surface area contributed by atoms with Crippen LogP contribution in [0.25, 0.3) is 0 Å². The maximum Gasteiger partial charge on any atom is 0.164 e. The number of allylic oxidation sites excluding steroid dienone is 10. The van der Waals surface area contributed by atoms with Gasteiger partial charge in [0.05, 0.1) is 0 Å². The number of rotatable bonds is 5. The fourth-order valence-corrected chi connectivity index (χ4v) is 6.08. The summed E-state index contributed by atoms with van der Waals surface area (Å²) in [6.07, 6.45) is 15.9. The number of Topliss-reactive ketones (excluding diaryl/α,β-unsaturated/α-hetero) is 2. The highest BCUT2D eigenvalue weighted by atomic mass is 16.1. The van der Waals surface area contributed by atoms with Gasteiger partial charge >= 0.3 is 0 Å². The van der Waals surface area contributed by atoms with Crippen molar-refractivity contribution in [1.29, 1.82) is 0 Å². The normalized spacial score (nSPS) is 35.6. The molecule has 0 saturated heterocycles. The molecule has 0 aromatic rings. The van der Waals surface area contributed by atoms with Crippen LogP contribution in [0.3, 0.4) is 0 Å². The quantitative estimate of drug-likeness (QED) is 0.515. The maximum absolute atomic E-state index is 13.7. The van der Waals surface area contributed by atoms with E-state index in [-0.39, 0.29) is 40.7 Å². The lowest BCUT2D eigenvalue weighted by Crippen LogP contribution is -2.45. The van der Waals surface area contributed by atoms with Crippen molar-refractivity contribution >= 4 is 11.6 Å². The molecule has 4 aliphatic rings. The number of hydrogen-bond donors (Lipinski definition) is 0. The Morgan fingerprint density at radius 2 is 1.93 bits per heavy atom. The fraction of sp³-hybridized carbons (Fsp3) is 0.556. The van der Waals surface area contributed by atoms with Crippen LogP contribution in [0.15, 0.2) is 58.2 Å². The summed E-state index contributed by atoms with van der Waals surface area (Å²) >= 11 is 0. The molecule has 2 heteroatoms. The zero-order chi connectivity index (χ0) is 20.9. The third-order valence-corrected chi connectivity index (χ3v) is 7.87. The van der Waals surface area contributed by atoms with Gasteiger partial charge < -0.3 is 0 Å². The molecule has 0 N–H and O–H groups in total. The van der Waals surface area contributed by atoms with Crippen LogP contribution >= 0.6 is 0 Å². The summed E-state index contributed by atoms with van der Waals surface area (Å²) < 4.78 is 0. The molecule has 0 amide bonds. The third-order valence-electron chi connectivity index (χ3n) is 7.87. The Balaban J connectivity index is 1.60. The standard InChI is InChI=1S/C27H34O2/c1-16(2)7-6-8-17(3)11-13-27-14-12-20(15-27)23-24(27)26(29)22-19(5)18(4)9-10-21(22)25(23)28/h7,9,11-12,14,19-20,23-24H,6,8,10,13,15H2,1-5H3/t19?,20-,23?,24?,27+/m0/s1. The molecule has 154 valence electrons. The molecule has 0 radical (unpaired) electrons. The van der Waals surface area contributed by atoms with Gasteiger partial charge in [-0.1, -0.05) is 54.0 Å². The van der Waals surface area contributed by atoms with Crippen LogP contribution in [0.1, 0.15) is 66.7 Å². The predicted molar refractivity (Wildman–Crippen MR) is 118 cm³/mol. The minimum absolute atomic E-state index is 0.0812. The molecule has 2 nitrogen and oxygen atoms in total. The average Bonchev–Trinajstić information content (AvgIpc) is 3.23. The van der Waals surface area contributed by atoms with Gasteiger partial charge in [-0.15, -0.1) is 0 Å². The smallest absolute Gasteiger partial charge is 0.164 e. The summed E-state index contributed by atoms with van der Waals surface area (Å²) in [5, 5.41) is 0. The first-order chi connectivity index (χ1) is 13.7. The van der Waals surface area contributed by atoms with Gasteiger partial charge in [-0.2, -0.15) is 0 Å². The molecule has 4 rings (SSSR count). The molecule has 4 aliphatic carbocycles. The molecule has 29 heavy (non-hydrogen) atoms. The first-order valence-corrected chi connectivity index (χ1v) is 11.2. The van der Waals surface area contributed by atoms with E-state index in [2.05, 4.69) is 65.0 Å². The van der Waals surface area contributed by atoms with Crippen LogP contribution in [-0.2, 0) is 9.59 Å². The van der Waals surface area contributed by atoms with Crippen molar-refractivity contribution in [3.8, 4) is 0 Å². The van der Waals surface area contributed by atoms with Crippen molar-refractivity contribution in [3.63, 3.8) is 0 Å². The van der Waals surface area contributed by atoms with Crippen molar-refractivity contribution in [2.24, 2.45) is 29.1 Å². The predicted octanol–water partition coefficient (Wildman–Crippen LogP) is 6.31. The van der Waals surface area contributed by atoms with Gasteiger partial charge in [0.2, 0.25) is 0 Å². The van der Waals surface area contributed by atoms with Crippen molar-refractivity contribution in [2.45, 2.75) is 66.7 Å². The number of fused-ring (bicyclic) bond motifs is 5. The van der Waals surface area contributed by atoms with E-state index in [1.807, 2.05) is 0 Å². The molecular weight excluding hydrogens is 356 g/mol. The van der Waals surface area contributed by atoms with Crippen LogP contribution in [0.5, 0.6) is 0 Å². The third kappa shape index (κ3) is 3.25. The molecule has 0 aliphatic heterocycles. The summed E-state index contributed by atoms with van der Waals surface area (Å²) in [4.78, 5) is 27.1. The molecule has 1 fully saturated rings. The Labute approximate surface area is 175 Å². The Bertz CT molecular complexity index is 903. The molecule has 0 aromatic heterocycles.